The van der Waals surface area contributed by atoms with Crippen LogP contribution in [0.2, 0.25) is 0 Å². The molecule has 1 saturated heterocycles. The van der Waals surface area contributed by atoms with E-state index in [1.165, 1.54) is 18.2 Å². The van der Waals surface area contributed by atoms with Crippen LogP contribution in [0.15, 0.2) is 24.3 Å². The standard InChI is InChI=1S/C16H19F3N2O2/c1-15(2,3)20-14(23)10-8-13(22)21(9-10)12-7-5-4-6-11(12)16(17,18)19/h4-7,10H,8-9H2,1-3H3,(H,20,23). The predicted molar refractivity (Wildman–Crippen MR) is 79.8 cm³/mol. The summed E-state index contributed by atoms with van der Waals surface area (Å²) in [4.78, 5) is 25.3. The Hall–Kier alpha value is -2.05. The molecular weight excluding hydrogens is 309 g/mol. The molecule has 0 aliphatic carbocycles. The van der Waals surface area contributed by atoms with Crippen LogP contribution in [-0.4, -0.2) is 23.9 Å². The third kappa shape index (κ3) is 4.03. The van der Waals surface area contributed by atoms with Gasteiger partial charge in [0, 0.05) is 18.5 Å². The average molecular weight is 328 g/mol. The Labute approximate surface area is 132 Å². The SMILES string of the molecule is CC(C)(C)NC(=O)C1CC(=O)N(c2ccccc2C(F)(F)F)C1. The van der Waals surface area contributed by atoms with Gasteiger partial charge in [0.05, 0.1) is 17.2 Å². The molecule has 0 bridgehead atoms. The fraction of sp³-hybridized carbons (Fsp3) is 0.500. The van der Waals surface area contributed by atoms with Gasteiger partial charge in [0.25, 0.3) is 0 Å². The van der Waals surface area contributed by atoms with E-state index in [0.717, 1.165) is 11.0 Å². The molecule has 126 valence electrons. The first-order valence-electron chi connectivity index (χ1n) is 7.27. The summed E-state index contributed by atoms with van der Waals surface area (Å²) in [5, 5.41) is 2.76. The van der Waals surface area contributed by atoms with Crippen molar-refractivity contribution in [2.45, 2.75) is 38.9 Å². The van der Waals surface area contributed by atoms with Gasteiger partial charge in [0.1, 0.15) is 0 Å². The van der Waals surface area contributed by atoms with Crippen LogP contribution in [0.1, 0.15) is 32.8 Å². The van der Waals surface area contributed by atoms with Gasteiger partial charge in [-0.2, -0.15) is 13.2 Å². The number of para-hydroxylation sites is 1. The van der Waals surface area contributed by atoms with Gasteiger partial charge in [-0.15, -0.1) is 0 Å². The number of benzene rings is 1. The molecule has 1 unspecified atom stereocenters. The van der Waals surface area contributed by atoms with E-state index in [1.54, 1.807) is 20.8 Å². The first-order valence-corrected chi connectivity index (χ1v) is 7.27. The lowest BCUT2D eigenvalue weighted by Crippen LogP contribution is -2.44. The van der Waals surface area contributed by atoms with Crippen molar-refractivity contribution in [1.29, 1.82) is 0 Å². The largest absolute Gasteiger partial charge is 0.418 e. The molecule has 0 radical (unpaired) electrons. The maximum atomic E-state index is 13.1. The van der Waals surface area contributed by atoms with Gasteiger partial charge >= 0.3 is 6.18 Å². The fourth-order valence-corrected chi connectivity index (χ4v) is 2.54. The summed E-state index contributed by atoms with van der Waals surface area (Å²) in [7, 11) is 0. The smallest absolute Gasteiger partial charge is 0.351 e. The summed E-state index contributed by atoms with van der Waals surface area (Å²) in [6, 6.07) is 4.91. The summed E-state index contributed by atoms with van der Waals surface area (Å²) in [5.41, 5.74) is -1.53. The quantitative estimate of drug-likeness (QED) is 0.907. The Morgan fingerprint density at radius 3 is 2.39 bits per heavy atom. The van der Waals surface area contributed by atoms with E-state index in [-0.39, 0.29) is 24.6 Å². The van der Waals surface area contributed by atoms with Crippen molar-refractivity contribution < 1.29 is 22.8 Å². The number of alkyl halides is 3. The number of halogens is 3. The number of carbonyl (C=O) groups excluding carboxylic acids is 2. The van der Waals surface area contributed by atoms with Crippen molar-refractivity contribution in [3.63, 3.8) is 0 Å². The average Bonchev–Trinajstić information content (AvgIpc) is 2.78. The van der Waals surface area contributed by atoms with Crippen LogP contribution < -0.4 is 10.2 Å². The van der Waals surface area contributed by atoms with Crippen molar-refractivity contribution in [3.8, 4) is 0 Å². The van der Waals surface area contributed by atoms with E-state index in [1.807, 2.05) is 0 Å². The lowest BCUT2D eigenvalue weighted by molar-refractivity contribution is -0.137. The monoisotopic (exact) mass is 328 g/mol. The number of hydrogen-bond donors (Lipinski definition) is 1. The van der Waals surface area contributed by atoms with Crippen molar-refractivity contribution in [2.75, 3.05) is 11.4 Å². The highest BCUT2D eigenvalue weighted by Gasteiger charge is 2.41. The van der Waals surface area contributed by atoms with Crippen LogP contribution in [0.4, 0.5) is 18.9 Å². The van der Waals surface area contributed by atoms with Gasteiger partial charge in [-0.1, -0.05) is 12.1 Å². The van der Waals surface area contributed by atoms with E-state index in [9.17, 15) is 22.8 Å². The molecule has 1 N–H and O–H groups in total. The van der Waals surface area contributed by atoms with Crippen LogP contribution in [0.3, 0.4) is 0 Å². The molecule has 1 aromatic rings. The molecule has 0 aromatic heterocycles. The number of carbonyl (C=O) groups is 2. The molecule has 2 rings (SSSR count). The third-order valence-corrected chi connectivity index (χ3v) is 3.49. The minimum absolute atomic E-state index is 0.0478. The minimum atomic E-state index is -4.55. The second-order valence-electron chi connectivity index (χ2n) is 6.66. The summed E-state index contributed by atoms with van der Waals surface area (Å²) in [5.74, 6) is -1.45. The van der Waals surface area contributed by atoms with Gasteiger partial charge < -0.3 is 10.2 Å². The molecule has 0 spiro atoms. The number of rotatable bonds is 2. The molecular formula is C16H19F3N2O2. The zero-order valence-electron chi connectivity index (χ0n) is 13.2. The Balaban J connectivity index is 2.24. The topological polar surface area (TPSA) is 49.4 Å². The highest BCUT2D eigenvalue weighted by atomic mass is 19.4. The van der Waals surface area contributed by atoms with Crippen LogP contribution in [0, 0.1) is 5.92 Å². The van der Waals surface area contributed by atoms with Gasteiger partial charge in [0.2, 0.25) is 11.8 Å². The zero-order valence-corrected chi connectivity index (χ0v) is 13.2. The molecule has 4 nitrogen and oxygen atoms in total. The molecule has 1 aromatic carbocycles. The summed E-state index contributed by atoms with van der Waals surface area (Å²) in [6.07, 6.45) is -4.64. The van der Waals surface area contributed by atoms with Crippen LogP contribution in [0.25, 0.3) is 0 Å². The van der Waals surface area contributed by atoms with Crippen molar-refractivity contribution in [3.05, 3.63) is 29.8 Å². The second kappa shape index (κ2) is 5.86. The van der Waals surface area contributed by atoms with E-state index in [4.69, 9.17) is 0 Å². The van der Waals surface area contributed by atoms with Gasteiger partial charge in [0.15, 0.2) is 0 Å². The van der Waals surface area contributed by atoms with E-state index >= 15 is 0 Å². The maximum absolute atomic E-state index is 13.1. The van der Waals surface area contributed by atoms with Crippen molar-refractivity contribution in [1.82, 2.24) is 5.32 Å². The molecule has 2 amide bonds. The van der Waals surface area contributed by atoms with Crippen molar-refractivity contribution >= 4 is 17.5 Å². The number of nitrogens with one attached hydrogen (secondary N) is 1. The normalized spacial score (nSPS) is 19.1. The van der Waals surface area contributed by atoms with Gasteiger partial charge in [-0.3, -0.25) is 9.59 Å². The first kappa shape index (κ1) is 17.3. The molecule has 1 heterocycles. The third-order valence-electron chi connectivity index (χ3n) is 3.49. The van der Waals surface area contributed by atoms with Gasteiger partial charge in [-0.25, -0.2) is 0 Å². The van der Waals surface area contributed by atoms with Crippen LogP contribution in [0.5, 0.6) is 0 Å². The molecule has 1 atom stereocenters. The number of nitrogens with zero attached hydrogens (tertiary/aromatic N) is 1. The second-order valence-corrected chi connectivity index (χ2v) is 6.66. The van der Waals surface area contributed by atoms with E-state index < -0.39 is 29.1 Å². The first-order chi connectivity index (χ1) is 10.5. The van der Waals surface area contributed by atoms with Gasteiger partial charge in [-0.05, 0) is 32.9 Å². The fourth-order valence-electron chi connectivity index (χ4n) is 2.54. The predicted octanol–water partition coefficient (Wildman–Crippen LogP) is 2.97. The molecule has 7 heteroatoms. The highest BCUT2D eigenvalue weighted by molar-refractivity contribution is 6.01. The number of anilines is 1. The number of hydrogen-bond acceptors (Lipinski definition) is 2. The lowest BCUT2D eigenvalue weighted by atomic mass is 10.0. The van der Waals surface area contributed by atoms with Crippen LogP contribution in [-0.2, 0) is 15.8 Å². The molecule has 23 heavy (non-hydrogen) atoms. The summed E-state index contributed by atoms with van der Waals surface area (Å²) < 4.78 is 39.3. The molecule has 1 fully saturated rings. The highest BCUT2D eigenvalue weighted by Crippen LogP contribution is 2.38. The zero-order chi connectivity index (χ0) is 17.4. The maximum Gasteiger partial charge on any atom is 0.418 e. The lowest BCUT2D eigenvalue weighted by Gasteiger charge is -2.24. The Morgan fingerprint density at radius 2 is 1.83 bits per heavy atom. The Kier molecular flexibility index (Phi) is 4.41. The Bertz CT molecular complexity index is 620. The molecule has 1 aliphatic rings. The summed E-state index contributed by atoms with van der Waals surface area (Å²) >= 11 is 0. The number of amides is 2. The minimum Gasteiger partial charge on any atom is -0.351 e. The van der Waals surface area contributed by atoms with Crippen molar-refractivity contribution in [2.24, 2.45) is 5.92 Å². The molecule has 0 saturated carbocycles. The molecule has 1 aliphatic heterocycles. The van der Waals surface area contributed by atoms with E-state index in [0.29, 0.717) is 0 Å². The summed E-state index contributed by atoms with van der Waals surface area (Å²) in [6.45, 7) is 5.36. The Morgan fingerprint density at radius 1 is 1.22 bits per heavy atom. The van der Waals surface area contributed by atoms with Crippen LogP contribution >= 0.6 is 0 Å². The van der Waals surface area contributed by atoms with E-state index in [2.05, 4.69) is 5.32 Å².